The summed E-state index contributed by atoms with van der Waals surface area (Å²) in [4.78, 5) is 4.38. The van der Waals surface area contributed by atoms with E-state index in [1.165, 1.54) is 0 Å². The molecule has 5 nitrogen and oxygen atoms in total. The van der Waals surface area contributed by atoms with Crippen molar-refractivity contribution in [2.45, 2.75) is 19.5 Å². The van der Waals surface area contributed by atoms with E-state index >= 15 is 0 Å². The number of aryl methyl sites for hydroxylation is 2. The summed E-state index contributed by atoms with van der Waals surface area (Å²) in [6.07, 6.45) is 5.66. The molecule has 0 saturated carbocycles. The summed E-state index contributed by atoms with van der Waals surface area (Å²) in [5, 5.41) is 7.55. The van der Waals surface area contributed by atoms with Gasteiger partial charge in [-0.2, -0.15) is 5.10 Å². The Hall–Kier alpha value is -1.62. The first kappa shape index (κ1) is 10.9. The van der Waals surface area contributed by atoms with Crippen LogP contribution in [0.25, 0.3) is 0 Å². The number of rotatable bonds is 4. The predicted octanol–water partition coefficient (Wildman–Crippen LogP) is 0.945. The van der Waals surface area contributed by atoms with Crippen molar-refractivity contribution < 1.29 is 0 Å². The van der Waals surface area contributed by atoms with E-state index in [1.807, 2.05) is 48.1 Å². The van der Waals surface area contributed by atoms with Gasteiger partial charge >= 0.3 is 0 Å². The highest BCUT2D eigenvalue weighted by Gasteiger charge is 2.17. The van der Waals surface area contributed by atoms with Crippen LogP contribution in [0.4, 0.5) is 0 Å². The third kappa shape index (κ3) is 1.86. The lowest BCUT2D eigenvalue weighted by molar-refractivity contribution is 0.557. The molecule has 2 aromatic rings. The predicted molar refractivity (Wildman–Crippen MR) is 62.0 cm³/mol. The van der Waals surface area contributed by atoms with Crippen LogP contribution in [0.3, 0.4) is 0 Å². The zero-order valence-corrected chi connectivity index (χ0v) is 9.88. The van der Waals surface area contributed by atoms with Crippen LogP contribution in [0.15, 0.2) is 24.8 Å². The van der Waals surface area contributed by atoms with Gasteiger partial charge in [0.15, 0.2) is 0 Å². The summed E-state index contributed by atoms with van der Waals surface area (Å²) in [6.45, 7) is 2.95. The van der Waals surface area contributed by atoms with Crippen molar-refractivity contribution in [3.63, 3.8) is 0 Å². The zero-order chi connectivity index (χ0) is 11.5. The number of nitrogens with one attached hydrogen (secondary N) is 1. The van der Waals surface area contributed by atoms with Crippen molar-refractivity contribution in [2.75, 3.05) is 7.05 Å². The van der Waals surface area contributed by atoms with Crippen LogP contribution in [0, 0.1) is 0 Å². The van der Waals surface area contributed by atoms with Gasteiger partial charge in [0.25, 0.3) is 0 Å². The van der Waals surface area contributed by atoms with Crippen LogP contribution in [-0.4, -0.2) is 26.4 Å². The van der Waals surface area contributed by atoms with E-state index in [0.29, 0.717) is 0 Å². The van der Waals surface area contributed by atoms with Gasteiger partial charge in [-0.15, -0.1) is 0 Å². The minimum absolute atomic E-state index is 0.101. The first-order valence-corrected chi connectivity index (χ1v) is 5.43. The quantitative estimate of drug-likeness (QED) is 0.832. The lowest BCUT2D eigenvalue weighted by Crippen LogP contribution is -2.21. The second-order valence-electron chi connectivity index (χ2n) is 3.76. The molecule has 5 heteroatoms. The van der Waals surface area contributed by atoms with Crippen LogP contribution in [-0.2, 0) is 13.6 Å². The lowest BCUT2D eigenvalue weighted by atomic mass is 10.1. The van der Waals surface area contributed by atoms with E-state index in [0.717, 1.165) is 17.9 Å². The van der Waals surface area contributed by atoms with E-state index in [2.05, 4.69) is 22.3 Å². The lowest BCUT2D eigenvalue weighted by Gasteiger charge is -2.15. The highest BCUT2D eigenvalue weighted by molar-refractivity contribution is 5.19. The van der Waals surface area contributed by atoms with Crippen LogP contribution >= 0.6 is 0 Å². The average molecular weight is 219 g/mol. The zero-order valence-electron chi connectivity index (χ0n) is 9.88. The second kappa shape index (κ2) is 4.49. The molecule has 2 aromatic heterocycles. The third-order valence-corrected chi connectivity index (χ3v) is 2.65. The highest BCUT2D eigenvalue weighted by Crippen LogP contribution is 2.19. The van der Waals surface area contributed by atoms with E-state index in [1.54, 1.807) is 0 Å². The molecule has 1 atom stereocenters. The number of hydrogen-bond acceptors (Lipinski definition) is 3. The highest BCUT2D eigenvalue weighted by atomic mass is 15.3. The molecule has 0 aliphatic heterocycles. The van der Waals surface area contributed by atoms with Gasteiger partial charge in [0.1, 0.15) is 0 Å². The molecule has 0 aliphatic carbocycles. The Morgan fingerprint density at radius 2 is 2.31 bits per heavy atom. The minimum atomic E-state index is 0.101. The molecular formula is C11H17N5. The van der Waals surface area contributed by atoms with Gasteiger partial charge in [-0.1, -0.05) is 0 Å². The number of aromatic nitrogens is 4. The summed E-state index contributed by atoms with van der Waals surface area (Å²) in [5.74, 6) is 0. The van der Waals surface area contributed by atoms with Gasteiger partial charge in [-0.05, 0) is 20.0 Å². The van der Waals surface area contributed by atoms with Crippen molar-refractivity contribution >= 4 is 0 Å². The van der Waals surface area contributed by atoms with Gasteiger partial charge in [0, 0.05) is 26.0 Å². The molecule has 16 heavy (non-hydrogen) atoms. The normalized spacial score (nSPS) is 12.9. The average Bonchev–Trinajstić information content (AvgIpc) is 2.89. The molecular weight excluding hydrogens is 202 g/mol. The van der Waals surface area contributed by atoms with Gasteiger partial charge in [-0.3, -0.25) is 4.68 Å². The molecule has 1 N–H and O–H groups in total. The Balaban J connectivity index is 2.36. The molecule has 0 amide bonds. The smallest absolute Gasteiger partial charge is 0.0947 e. The number of nitrogens with zero attached hydrogens (tertiary/aromatic N) is 4. The van der Waals surface area contributed by atoms with Crippen LogP contribution < -0.4 is 5.32 Å². The van der Waals surface area contributed by atoms with Crippen LogP contribution in [0.5, 0.6) is 0 Å². The molecule has 0 saturated heterocycles. The first-order chi connectivity index (χ1) is 7.76. The maximum absolute atomic E-state index is 4.38. The van der Waals surface area contributed by atoms with Gasteiger partial charge in [0.2, 0.25) is 0 Å². The van der Waals surface area contributed by atoms with Crippen molar-refractivity contribution in [1.82, 2.24) is 24.6 Å². The summed E-state index contributed by atoms with van der Waals surface area (Å²) < 4.78 is 3.93. The standard InChI is InChI=1S/C11H17N5/c1-4-16-10(5-6-14-16)11(12-2)9-7-15(3)8-13-9/h5-8,11-12H,4H2,1-3H3. The molecule has 0 aliphatic rings. The van der Waals surface area contributed by atoms with E-state index in [-0.39, 0.29) is 6.04 Å². The van der Waals surface area contributed by atoms with Gasteiger partial charge in [0.05, 0.1) is 23.8 Å². The largest absolute Gasteiger partial charge is 0.340 e. The van der Waals surface area contributed by atoms with Crippen molar-refractivity contribution in [2.24, 2.45) is 7.05 Å². The molecule has 0 aromatic carbocycles. The monoisotopic (exact) mass is 219 g/mol. The summed E-state index contributed by atoms with van der Waals surface area (Å²) in [7, 11) is 3.91. The van der Waals surface area contributed by atoms with Crippen LogP contribution in [0.1, 0.15) is 24.4 Å². The van der Waals surface area contributed by atoms with Crippen molar-refractivity contribution in [3.05, 3.63) is 36.2 Å². The SMILES string of the molecule is CCn1nccc1C(NC)c1cn(C)cn1. The Kier molecular flexibility index (Phi) is 3.05. The molecule has 0 radical (unpaired) electrons. The Labute approximate surface area is 95.1 Å². The van der Waals surface area contributed by atoms with Crippen LogP contribution in [0.2, 0.25) is 0 Å². The maximum atomic E-state index is 4.38. The second-order valence-corrected chi connectivity index (χ2v) is 3.76. The maximum Gasteiger partial charge on any atom is 0.0947 e. The third-order valence-electron chi connectivity index (χ3n) is 2.65. The topological polar surface area (TPSA) is 47.7 Å². The molecule has 86 valence electrons. The molecule has 0 spiro atoms. The number of imidazole rings is 1. The van der Waals surface area contributed by atoms with E-state index in [9.17, 15) is 0 Å². The summed E-state index contributed by atoms with van der Waals surface area (Å²) >= 11 is 0. The molecule has 2 heterocycles. The van der Waals surface area contributed by atoms with Crippen molar-refractivity contribution in [3.8, 4) is 0 Å². The first-order valence-electron chi connectivity index (χ1n) is 5.43. The fraction of sp³-hybridized carbons (Fsp3) is 0.455. The molecule has 2 rings (SSSR count). The fourth-order valence-corrected chi connectivity index (χ4v) is 1.88. The summed E-state index contributed by atoms with van der Waals surface area (Å²) in [6, 6.07) is 2.13. The van der Waals surface area contributed by atoms with E-state index < -0.39 is 0 Å². The van der Waals surface area contributed by atoms with Gasteiger partial charge in [-0.25, -0.2) is 4.98 Å². The number of hydrogen-bond donors (Lipinski definition) is 1. The molecule has 0 fully saturated rings. The van der Waals surface area contributed by atoms with E-state index in [4.69, 9.17) is 0 Å². The Bertz CT molecular complexity index is 456. The fourth-order valence-electron chi connectivity index (χ4n) is 1.88. The van der Waals surface area contributed by atoms with Crippen molar-refractivity contribution in [1.29, 1.82) is 0 Å². The summed E-state index contributed by atoms with van der Waals surface area (Å²) in [5.41, 5.74) is 2.16. The minimum Gasteiger partial charge on any atom is -0.340 e. The van der Waals surface area contributed by atoms with Gasteiger partial charge < -0.3 is 9.88 Å². The Morgan fingerprint density at radius 3 is 2.88 bits per heavy atom. The Morgan fingerprint density at radius 1 is 1.50 bits per heavy atom. The molecule has 1 unspecified atom stereocenters. The molecule has 0 bridgehead atoms.